The van der Waals surface area contributed by atoms with Gasteiger partial charge >= 0.3 is 0 Å². The first-order valence-corrected chi connectivity index (χ1v) is 9.53. The minimum atomic E-state index is -0.286. The van der Waals surface area contributed by atoms with Gasteiger partial charge in [0.15, 0.2) is 5.11 Å². The topological polar surface area (TPSA) is 61.5 Å². The number of nitrogens with one attached hydrogen (secondary N) is 1. The summed E-state index contributed by atoms with van der Waals surface area (Å²) < 4.78 is 19.4. The zero-order chi connectivity index (χ0) is 19.5. The van der Waals surface area contributed by atoms with Crippen LogP contribution >= 0.6 is 12.2 Å². The van der Waals surface area contributed by atoms with Gasteiger partial charge in [-0.25, -0.2) is 4.39 Å². The number of aromatic nitrogens is 1. The Labute approximate surface area is 167 Å². The molecule has 0 saturated carbocycles. The monoisotopic (exact) mass is 397 g/mol. The Hall–Kier alpha value is -2.77. The van der Waals surface area contributed by atoms with Crippen LogP contribution in [0.2, 0.25) is 0 Å². The second-order valence-corrected chi connectivity index (χ2v) is 6.99. The van der Waals surface area contributed by atoms with Gasteiger partial charge in [0.1, 0.15) is 23.4 Å². The number of aliphatic hydroxyl groups excluding tert-OH is 1. The molecule has 4 rings (SSSR count). The predicted molar refractivity (Wildman–Crippen MR) is 108 cm³/mol. The van der Waals surface area contributed by atoms with Crippen molar-refractivity contribution in [1.82, 2.24) is 15.2 Å². The average molecular weight is 397 g/mol. The number of thiocarbonyl (C=S) groups is 1. The van der Waals surface area contributed by atoms with Gasteiger partial charge in [0.25, 0.3) is 0 Å². The van der Waals surface area contributed by atoms with Gasteiger partial charge in [0, 0.05) is 24.9 Å². The van der Waals surface area contributed by atoms with E-state index >= 15 is 0 Å². The normalized spacial score (nSPS) is 19.1. The number of hydrogen-bond donors (Lipinski definition) is 2. The van der Waals surface area contributed by atoms with Crippen molar-refractivity contribution >= 4 is 17.3 Å². The van der Waals surface area contributed by atoms with Gasteiger partial charge in [-0.1, -0.05) is 6.07 Å². The molecule has 1 saturated heterocycles. The van der Waals surface area contributed by atoms with E-state index in [-0.39, 0.29) is 24.5 Å². The van der Waals surface area contributed by atoms with E-state index in [1.807, 2.05) is 35.2 Å². The van der Waals surface area contributed by atoms with Crippen LogP contribution in [0.5, 0.6) is 0 Å². The first-order chi connectivity index (χ1) is 13.7. The van der Waals surface area contributed by atoms with E-state index in [0.29, 0.717) is 23.8 Å². The molecule has 7 heteroatoms. The molecule has 0 amide bonds. The number of furan rings is 1. The second-order valence-electron chi connectivity index (χ2n) is 6.61. The molecule has 3 heterocycles. The molecule has 28 heavy (non-hydrogen) atoms. The van der Waals surface area contributed by atoms with Crippen LogP contribution in [0.4, 0.5) is 4.39 Å². The van der Waals surface area contributed by atoms with Gasteiger partial charge in [-0.15, -0.1) is 0 Å². The average Bonchev–Trinajstić information content (AvgIpc) is 3.32. The molecule has 0 unspecified atom stereocenters. The number of pyridine rings is 1. The fourth-order valence-electron chi connectivity index (χ4n) is 3.48. The first kappa shape index (κ1) is 18.6. The number of aliphatic hydroxyl groups is 1. The number of nitrogens with zero attached hydrogens (tertiary/aromatic N) is 2. The third kappa shape index (κ3) is 3.63. The van der Waals surface area contributed by atoms with Gasteiger partial charge < -0.3 is 19.7 Å². The van der Waals surface area contributed by atoms with Crippen LogP contribution in [0.3, 0.4) is 0 Å². The molecule has 1 aliphatic rings. The SMILES string of the molecule is OCCCN1C(=S)N[C@H](c2ccccn2)[C@@H]1c1ccc(-c2ccc(F)cc2)o1. The number of hydrogen-bond acceptors (Lipinski definition) is 4. The zero-order valence-corrected chi connectivity index (χ0v) is 15.9. The van der Waals surface area contributed by atoms with Gasteiger partial charge in [0.2, 0.25) is 0 Å². The lowest BCUT2D eigenvalue weighted by Gasteiger charge is -2.25. The highest BCUT2D eigenvalue weighted by Crippen LogP contribution is 2.40. The van der Waals surface area contributed by atoms with Crippen LogP contribution in [0.15, 0.2) is 65.2 Å². The van der Waals surface area contributed by atoms with E-state index in [4.69, 9.17) is 16.6 Å². The van der Waals surface area contributed by atoms with Crippen molar-refractivity contribution in [1.29, 1.82) is 0 Å². The van der Waals surface area contributed by atoms with Crippen LogP contribution in [0.1, 0.15) is 30.0 Å². The van der Waals surface area contributed by atoms with E-state index < -0.39 is 0 Å². The molecule has 0 aliphatic carbocycles. The summed E-state index contributed by atoms with van der Waals surface area (Å²) in [4.78, 5) is 6.50. The van der Waals surface area contributed by atoms with Crippen LogP contribution in [-0.2, 0) is 0 Å². The lowest BCUT2D eigenvalue weighted by Crippen LogP contribution is -2.30. The summed E-state index contributed by atoms with van der Waals surface area (Å²) in [6.07, 6.45) is 2.35. The van der Waals surface area contributed by atoms with E-state index in [0.717, 1.165) is 17.0 Å². The number of benzene rings is 1. The largest absolute Gasteiger partial charge is 0.459 e. The minimum absolute atomic E-state index is 0.0824. The fraction of sp³-hybridized carbons (Fsp3) is 0.238. The smallest absolute Gasteiger partial charge is 0.170 e. The Morgan fingerprint density at radius 3 is 2.68 bits per heavy atom. The summed E-state index contributed by atoms with van der Waals surface area (Å²) in [7, 11) is 0. The minimum Gasteiger partial charge on any atom is -0.459 e. The molecule has 2 aromatic heterocycles. The van der Waals surface area contributed by atoms with Gasteiger partial charge in [-0.2, -0.15) is 0 Å². The summed E-state index contributed by atoms with van der Waals surface area (Å²) in [6.45, 7) is 0.683. The van der Waals surface area contributed by atoms with Crippen molar-refractivity contribution in [2.75, 3.05) is 13.2 Å². The molecule has 1 fully saturated rings. The highest BCUT2D eigenvalue weighted by atomic mass is 32.1. The maximum absolute atomic E-state index is 13.2. The maximum Gasteiger partial charge on any atom is 0.170 e. The summed E-state index contributed by atoms with van der Waals surface area (Å²) in [5, 5.41) is 13.2. The lowest BCUT2D eigenvalue weighted by molar-refractivity contribution is 0.233. The van der Waals surface area contributed by atoms with E-state index in [9.17, 15) is 9.50 Å². The van der Waals surface area contributed by atoms with Gasteiger partial charge in [-0.3, -0.25) is 4.98 Å². The molecule has 5 nitrogen and oxygen atoms in total. The Bertz CT molecular complexity index is 946. The molecule has 1 aliphatic heterocycles. The molecule has 2 atom stereocenters. The third-order valence-electron chi connectivity index (χ3n) is 4.80. The lowest BCUT2D eigenvalue weighted by atomic mass is 10.0. The molecule has 144 valence electrons. The Morgan fingerprint density at radius 2 is 1.96 bits per heavy atom. The van der Waals surface area contributed by atoms with Gasteiger partial charge in [0.05, 0.1) is 11.7 Å². The standard InChI is InChI=1S/C21H20FN3O2S/c22-15-7-5-14(6-8-15)17-9-10-18(27-17)20-19(16-4-1-2-11-23-16)24-21(28)25(20)12-3-13-26/h1-2,4-11,19-20,26H,3,12-13H2,(H,24,28)/t19-,20+/m1/s1. The quantitative estimate of drug-likeness (QED) is 0.617. The van der Waals surface area contributed by atoms with Crippen molar-refractivity contribution < 1.29 is 13.9 Å². The van der Waals surface area contributed by atoms with Crippen molar-refractivity contribution in [3.8, 4) is 11.3 Å². The molecule has 2 N–H and O–H groups in total. The summed E-state index contributed by atoms with van der Waals surface area (Å²) in [6, 6.07) is 15.4. The van der Waals surface area contributed by atoms with Crippen LogP contribution in [0.25, 0.3) is 11.3 Å². The Morgan fingerprint density at radius 1 is 1.14 bits per heavy atom. The summed E-state index contributed by atoms with van der Waals surface area (Å²) in [5.41, 5.74) is 1.67. The van der Waals surface area contributed by atoms with E-state index in [2.05, 4.69) is 10.3 Å². The Balaban J connectivity index is 1.70. The molecule has 0 radical (unpaired) electrons. The maximum atomic E-state index is 13.2. The fourth-order valence-corrected chi connectivity index (χ4v) is 3.81. The van der Waals surface area contributed by atoms with Crippen molar-refractivity contribution in [2.45, 2.75) is 18.5 Å². The van der Waals surface area contributed by atoms with Gasteiger partial charge in [-0.05, 0) is 67.2 Å². The van der Waals surface area contributed by atoms with Crippen LogP contribution in [-0.4, -0.2) is 33.3 Å². The highest BCUT2D eigenvalue weighted by molar-refractivity contribution is 7.80. The molecular formula is C21H20FN3O2S. The number of rotatable bonds is 6. The molecule has 3 aromatic rings. The molecule has 0 spiro atoms. The molecular weight excluding hydrogens is 377 g/mol. The van der Waals surface area contributed by atoms with Crippen molar-refractivity contribution in [2.24, 2.45) is 0 Å². The molecule has 0 bridgehead atoms. The van der Waals surface area contributed by atoms with Crippen LogP contribution in [0, 0.1) is 5.82 Å². The molecule has 1 aromatic carbocycles. The zero-order valence-electron chi connectivity index (χ0n) is 15.1. The van der Waals surface area contributed by atoms with E-state index in [1.165, 1.54) is 12.1 Å². The summed E-state index contributed by atoms with van der Waals surface area (Å²) in [5.74, 6) is 1.11. The van der Waals surface area contributed by atoms with E-state index in [1.54, 1.807) is 18.3 Å². The first-order valence-electron chi connectivity index (χ1n) is 9.12. The van der Waals surface area contributed by atoms with Crippen LogP contribution < -0.4 is 5.32 Å². The number of halogens is 1. The second kappa shape index (κ2) is 8.08. The third-order valence-corrected chi connectivity index (χ3v) is 5.15. The summed E-state index contributed by atoms with van der Waals surface area (Å²) >= 11 is 5.54. The Kier molecular flexibility index (Phi) is 5.36. The highest BCUT2D eigenvalue weighted by Gasteiger charge is 2.41. The van der Waals surface area contributed by atoms with Crippen molar-refractivity contribution in [3.63, 3.8) is 0 Å². The van der Waals surface area contributed by atoms with Crippen molar-refractivity contribution in [3.05, 3.63) is 78.1 Å². The predicted octanol–water partition coefficient (Wildman–Crippen LogP) is 3.84.